The lowest BCUT2D eigenvalue weighted by molar-refractivity contribution is -0.219. The predicted octanol–water partition coefficient (Wildman–Crippen LogP) is 1.94. The fraction of sp³-hybridized carbons (Fsp3) is 0.529. The van der Waals surface area contributed by atoms with Crippen molar-refractivity contribution in [2.45, 2.75) is 43.7 Å². The lowest BCUT2D eigenvalue weighted by Gasteiger charge is -2.28. The lowest BCUT2D eigenvalue weighted by Crippen LogP contribution is -2.48. The Morgan fingerprint density at radius 2 is 1.93 bits per heavy atom. The van der Waals surface area contributed by atoms with E-state index in [-0.39, 0.29) is 6.61 Å². The molecule has 4 atom stereocenters. The average molecular weight is 377 g/mol. The average Bonchev–Trinajstić information content (AvgIpc) is 3.12. The Morgan fingerprint density at radius 1 is 1.22 bits per heavy atom. The molecule has 10 heteroatoms. The van der Waals surface area contributed by atoms with Crippen LogP contribution in [0.2, 0.25) is 0 Å². The molecule has 2 aliphatic rings. The highest BCUT2D eigenvalue weighted by atomic mass is 16.8. The molecule has 0 bridgehead atoms. The minimum Gasteiger partial charge on any atom is -0.467 e. The van der Waals surface area contributed by atoms with Gasteiger partial charge in [0.05, 0.1) is 12.7 Å². The minimum absolute atomic E-state index is 0.228. The summed E-state index contributed by atoms with van der Waals surface area (Å²) in [6.07, 6.45) is -2.74. The Morgan fingerprint density at radius 3 is 2.56 bits per heavy atom. The van der Waals surface area contributed by atoms with Crippen LogP contribution in [0.3, 0.4) is 0 Å². The van der Waals surface area contributed by atoms with Crippen molar-refractivity contribution in [3.05, 3.63) is 46.3 Å². The first kappa shape index (κ1) is 19.1. The summed E-state index contributed by atoms with van der Waals surface area (Å²) in [5.41, 5.74) is 7.23. The zero-order valence-electron chi connectivity index (χ0n) is 15.0. The van der Waals surface area contributed by atoms with Gasteiger partial charge in [-0.3, -0.25) is 0 Å². The number of benzene rings is 1. The first-order valence-electron chi connectivity index (χ1n) is 8.23. The third-order valence-electron chi connectivity index (χ3n) is 4.27. The molecule has 3 rings (SSSR count). The predicted molar refractivity (Wildman–Crippen MR) is 89.3 cm³/mol. The van der Waals surface area contributed by atoms with E-state index in [9.17, 15) is 9.59 Å². The normalized spacial score (nSPS) is 30.9. The molecule has 1 aromatic rings. The zero-order chi connectivity index (χ0) is 19.7. The fourth-order valence-electron chi connectivity index (χ4n) is 3.17. The highest BCUT2D eigenvalue weighted by Gasteiger charge is 2.67. The molecule has 0 amide bonds. The van der Waals surface area contributed by atoms with Gasteiger partial charge >= 0.3 is 11.9 Å². The summed E-state index contributed by atoms with van der Waals surface area (Å²) in [4.78, 5) is 27.2. The summed E-state index contributed by atoms with van der Waals surface area (Å²) in [6, 6.07) is 8.41. The van der Waals surface area contributed by atoms with Crippen molar-refractivity contribution in [2.75, 3.05) is 13.7 Å². The van der Waals surface area contributed by atoms with Crippen LogP contribution in [-0.4, -0.2) is 55.5 Å². The van der Waals surface area contributed by atoms with Crippen molar-refractivity contribution in [3.8, 4) is 0 Å². The number of hydrogen-bond acceptors (Lipinski definition) is 8. The van der Waals surface area contributed by atoms with E-state index in [0.717, 1.165) is 7.11 Å². The third-order valence-corrected chi connectivity index (χ3v) is 4.27. The van der Waals surface area contributed by atoms with Crippen LogP contribution in [0.25, 0.3) is 10.4 Å². The molecule has 10 nitrogen and oxygen atoms in total. The second-order valence-electron chi connectivity index (χ2n) is 6.52. The molecule has 0 unspecified atom stereocenters. The molecule has 2 fully saturated rings. The van der Waals surface area contributed by atoms with Gasteiger partial charge in [-0.1, -0.05) is 18.2 Å². The summed E-state index contributed by atoms with van der Waals surface area (Å²) < 4.78 is 27.2. The van der Waals surface area contributed by atoms with Gasteiger partial charge in [0.25, 0.3) is 5.72 Å². The standard InChI is InChI=1S/C17H19N3O7/c1-16(2)26-12-11(9-24-14(21)10-7-5-4-6-8-10)25-17(19-20-18,13(12)27-16)15(22)23-3/h4-8,11-13H,9H2,1-3H3/t11-,12-,13-,17+/m1/s1. The van der Waals surface area contributed by atoms with E-state index in [1.807, 2.05) is 0 Å². The maximum atomic E-state index is 12.3. The second kappa shape index (κ2) is 7.16. The molecule has 144 valence electrons. The molecular weight excluding hydrogens is 358 g/mol. The highest BCUT2D eigenvalue weighted by Crippen LogP contribution is 2.45. The van der Waals surface area contributed by atoms with Gasteiger partial charge in [-0.2, -0.15) is 0 Å². The Bertz CT molecular complexity index is 778. The number of esters is 2. The van der Waals surface area contributed by atoms with Crippen LogP contribution in [-0.2, 0) is 28.5 Å². The molecule has 0 saturated carbocycles. The summed E-state index contributed by atoms with van der Waals surface area (Å²) >= 11 is 0. The second-order valence-corrected chi connectivity index (χ2v) is 6.52. The minimum atomic E-state index is -2.06. The monoisotopic (exact) mass is 377 g/mol. The van der Waals surface area contributed by atoms with Gasteiger partial charge in [0.15, 0.2) is 5.79 Å². The fourth-order valence-corrected chi connectivity index (χ4v) is 3.17. The highest BCUT2D eigenvalue weighted by molar-refractivity contribution is 5.89. The number of ether oxygens (including phenoxy) is 5. The van der Waals surface area contributed by atoms with Crippen LogP contribution in [0.15, 0.2) is 35.4 Å². The zero-order valence-corrected chi connectivity index (χ0v) is 15.0. The van der Waals surface area contributed by atoms with Crippen molar-refractivity contribution in [3.63, 3.8) is 0 Å². The van der Waals surface area contributed by atoms with Crippen LogP contribution in [0.4, 0.5) is 0 Å². The molecule has 0 radical (unpaired) electrons. The van der Waals surface area contributed by atoms with Crippen LogP contribution in [0, 0.1) is 0 Å². The quantitative estimate of drug-likeness (QED) is 0.332. The number of carbonyl (C=O) groups is 2. The molecule has 0 aromatic heterocycles. The molecule has 2 heterocycles. The molecule has 27 heavy (non-hydrogen) atoms. The van der Waals surface area contributed by atoms with E-state index in [1.165, 1.54) is 0 Å². The molecular formula is C17H19N3O7. The SMILES string of the molecule is COC(=O)[C@@]1(N=[N+]=[N-])O[C@H](COC(=O)c2ccccc2)[C@H]2OC(C)(C)O[C@H]21. The van der Waals surface area contributed by atoms with E-state index >= 15 is 0 Å². The Hall–Kier alpha value is -2.65. The van der Waals surface area contributed by atoms with Gasteiger partial charge in [-0.05, 0) is 36.6 Å². The van der Waals surface area contributed by atoms with Crippen LogP contribution in [0.5, 0.6) is 0 Å². The van der Waals surface area contributed by atoms with Crippen molar-refractivity contribution in [1.82, 2.24) is 0 Å². The molecule has 0 spiro atoms. The van der Waals surface area contributed by atoms with Gasteiger partial charge < -0.3 is 23.7 Å². The van der Waals surface area contributed by atoms with E-state index in [0.29, 0.717) is 5.56 Å². The van der Waals surface area contributed by atoms with E-state index in [4.69, 9.17) is 29.2 Å². The number of methoxy groups -OCH3 is 1. The Labute approximate surface area is 154 Å². The van der Waals surface area contributed by atoms with Gasteiger partial charge in [0, 0.05) is 4.91 Å². The number of nitrogens with zero attached hydrogens (tertiary/aromatic N) is 3. The summed E-state index contributed by atoms with van der Waals surface area (Å²) in [7, 11) is 1.14. The number of fused-ring (bicyclic) bond motifs is 1. The summed E-state index contributed by atoms with van der Waals surface area (Å²) in [5.74, 6) is -2.54. The first-order valence-corrected chi connectivity index (χ1v) is 8.23. The lowest BCUT2D eigenvalue weighted by atomic mass is 10.0. The number of rotatable bonds is 5. The van der Waals surface area contributed by atoms with E-state index in [2.05, 4.69) is 10.0 Å². The molecule has 0 N–H and O–H groups in total. The maximum absolute atomic E-state index is 12.3. The van der Waals surface area contributed by atoms with Gasteiger partial charge in [-0.15, -0.1) is 0 Å². The van der Waals surface area contributed by atoms with Crippen LogP contribution >= 0.6 is 0 Å². The molecule has 2 saturated heterocycles. The van der Waals surface area contributed by atoms with Crippen molar-refractivity contribution in [2.24, 2.45) is 5.11 Å². The topological polar surface area (TPSA) is 129 Å². The van der Waals surface area contributed by atoms with E-state index in [1.54, 1.807) is 44.2 Å². The van der Waals surface area contributed by atoms with Gasteiger partial charge in [0.1, 0.15) is 24.9 Å². The molecule has 0 aliphatic carbocycles. The Balaban J connectivity index is 1.82. The number of azide groups is 1. The van der Waals surface area contributed by atoms with Gasteiger partial charge in [0.2, 0.25) is 0 Å². The molecule has 1 aromatic carbocycles. The summed E-state index contributed by atoms with van der Waals surface area (Å²) in [5, 5.41) is 3.51. The van der Waals surface area contributed by atoms with E-state index < -0.39 is 41.8 Å². The third kappa shape index (κ3) is 3.47. The Kier molecular flexibility index (Phi) is 5.07. The smallest absolute Gasteiger partial charge is 0.347 e. The largest absolute Gasteiger partial charge is 0.467 e. The molecule has 2 aliphatic heterocycles. The van der Waals surface area contributed by atoms with Crippen LogP contribution < -0.4 is 0 Å². The van der Waals surface area contributed by atoms with Crippen molar-refractivity contribution >= 4 is 11.9 Å². The maximum Gasteiger partial charge on any atom is 0.347 e. The number of hydrogen-bond donors (Lipinski definition) is 0. The van der Waals surface area contributed by atoms with Gasteiger partial charge in [-0.25, -0.2) is 9.59 Å². The first-order chi connectivity index (χ1) is 12.8. The van der Waals surface area contributed by atoms with Crippen molar-refractivity contribution in [1.29, 1.82) is 0 Å². The number of carbonyl (C=O) groups excluding carboxylic acids is 2. The van der Waals surface area contributed by atoms with Crippen molar-refractivity contribution < 1.29 is 33.3 Å². The van der Waals surface area contributed by atoms with Crippen LogP contribution in [0.1, 0.15) is 24.2 Å². The summed E-state index contributed by atoms with van der Waals surface area (Å²) in [6.45, 7) is 3.07.